The predicted octanol–water partition coefficient (Wildman–Crippen LogP) is 1.92. The molecule has 0 atom stereocenters. The summed E-state index contributed by atoms with van der Waals surface area (Å²) in [7, 11) is 1.92. The second-order valence-electron chi connectivity index (χ2n) is 5.46. The Labute approximate surface area is 118 Å². The van der Waals surface area contributed by atoms with Crippen LogP contribution in [0.1, 0.15) is 34.6 Å². The summed E-state index contributed by atoms with van der Waals surface area (Å²) in [4.78, 5) is 11.6. The van der Waals surface area contributed by atoms with E-state index in [-0.39, 0.29) is 0 Å². The number of hydrogen-bond donors (Lipinski definition) is 1. The van der Waals surface area contributed by atoms with E-state index in [2.05, 4.69) is 24.3 Å². The first-order chi connectivity index (χ1) is 8.17. The molecule has 1 amide bonds. The fourth-order valence-electron chi connectivity index (χ4n) is 1.37. The molecule has 100 valence electrons. The van der Waals surface area contributed by atoms with Crippen LogP contribution in [0.25, 0.3) is 0 Å². The van der Waals surface area contributed by atoms with Gasteiger partial charge in [0, 0.05) is 0 Å². The molecule has 1 rings (SSSR count). The second-order valence-corrected chi connectivity index (χ2v) is 11.0. The quantitative estimate of drug-likeness (QED) is 0.841. The van der Waals surface area contributed by atoms with Gasteiger partial charge in [-0.2, -0.15) is 0 Å². The summed E-state index contributed by atoms with van der Waals surface area (Å²) in [5.41, 5.74) is -0.490. The van der Waals surface area contributed by atoms with Gasteiger partial charge in [0.05, 0.1) is 0 Å². The predicted molar refractivity (Wildman–Crippen MR) is 73.6 cm³/mol. The fraction of sp³-hybridized carbons (Fsp3) is 0.667. The number of aromatic nitrogens is 2. The van der Waals surface area contributed by atoms with Crippen molar-refractivity contribution in [2.45, 2.75) is 44.2 Å². The Kier molecular flexibility index (Phi) is 5.07. The van der Waals surface area contributed by atoms with Crippen molar-refractivity contribution in [1.29, 1.82) is 0 Å². The summed E-state index contributed by atoms with van der Waals surface area (Å²) >= 11 is -0.629. The van der Waals surface area contributed by atoms with Crippen LogP contribution in [0.5, 0.6) is 0 Å². The topological polar surface area (TPSA) is 56.1 Å². The number of carbonyl (C=O) groups is 1. The van der Waals surface area contributed by atoms with E-state index in [1.807, 2.05) is 38.6 Å². The van der Waals surface area contributed by atoms with Crippen molar-refractivity contribution < 1.29 is 9.53 Å². The molecule has 1 N–H and O–H groups in total. The molecule has 2 radical (unpaired) electrons. The fourth-order valence-corrected chi connectivity index (χ4v) is 4.36. The van der Waals surface area contributed by atoms with Gasteiger partial charge < -0.3 is 0 Å². The molecule has 6 heteroatoms. The molecule has 0 aromatic carbocycles. The zero-order valence-corrected chi connectivity index (χ0v) is 14.7. The Bertz CT molecular complexity index is 421. The molecule has 0 aliphatic rings. The molecule has 0 saturated carbocycles. The van der Waals surface area contributed by atoms with Gasteiger partial charge in [-0.05, 0) is 0 Å². The number of carbonyl (C=O) groups excluding carboxylic acids is 1. The third-order valence-corrected chi connectivity index (χ3v) is 5.77. The Morgan fingerprint density at radius 3 is 2.61 bits per heavy atom. The van der Waals surface area contributed by atoms with Crippen LogP contribution in [0.2, 0.25) is 3.93 Å². The normalized spacial score (nSPS) is 11.7. The molecule has 0 unspecified atom stereocenters. The Balaban J connectivity index is 2.66. The van der Waals surface area contributed by atoms with Gasteiger partial charge in [0.1, 0.15) is 0 Å². The van der Waals surface area contributed by atoms with Crippen molar-refractivity contribution in [3.05, 3.63) is 6.07 Å². The number of nitrogens with zero attached hydrogens (tertiary/aromatic N) is 2. The van der Waals surface area contributed by atoms with Gasteiger partial charge in [-0.15, -0.1) is 0 Å². The first-order valence-electron chi connectivity index (χ1n) is 5.98. The molecule has 0 bridgehead atoms. The van der Waals surface area contributed by atoms with Crippen LogP contribution in [0.3, 0.4) is 0 Å². The van der Waals surface area contributed by atoms with Crippen molar-refractivity contribution >= 4 is 36.8 Å². The van der Waals surface area contributed by atoms with E-state index < -0.39 is 32.8 Å². The van der Waals surface area contributed by atoms with Crippen molar-refractivity contribution in [2.75, 3.05) is 5.32 Å². The molecule has 0 spiro atoms. The van der Waals surface area contributed by atoms with Crippen molar-refractivity contribution in [1.82, 2.24) is 9.78 Å². The molecule has 5 nitrogen and oxygen atoms in total. The average Bonchev–Trinajstić information content (AvgIpc) is 2.41. The summed E-state index contributed by atoms with van der Waals surface area (Å²) < 4.78 is 9.03. The Morgan fingerprint density at radius 1 is 1.50 bits per heavy atom. The molecular weight excluding hydrogens is 337 g/mol. The van der Waals surface area contributed by atoms with E-state index >= 15 is 0 Å². The van der Waals surface area contributed by atoms with Crippen molar-refractivity contribution in [3.63, 3.8) is 0 Å². The molecule has 0 aliphatic heterocycles. The molecule has 1 aromatic heterocycles. The number of amides is 1. The minimum absolute atomic E-state index is 0.456. The second kappa shape index (κ2) is 5.95. The Morgan fingerprint density at radius 2 is 2.11 bits per heavy atom. The van der Waals surface area contributed by atoms with Gasteiger partial charge in [-0.25, -0.2) is 0 Å². The van der Waals surface area contributed by atoms with E-state index in [1.54, 1.807) is 0 Å². The van der Waals surface area contributed by atoms with E-state index in [0.29, 0.717) is 5.82 Å². The van der Waals surface area contributed by atoms with Gasteiger partial charge in [0.15, 0.2) is 0 Å². The molecule has 0 saturated heterocycles. The summed E-state index contributed by atoms with van der Waals surface area (Å²) in [6.07, 6.45) is -0.456. The van der Waals surface area contributed by atoms with E-state index in [1.165, 1.54) is 3.71 Å². The number of hydrogen-bond acceptors (Lipinski definition) is 3. The van der Waals surface area contributed by atoms with Crippen LogP contribution in [0.4, 0.5) is 10.6 Å². The summed E-state index contributed by atoms with van der Waals surface area (Å²) in [5, 5.41) is 6.95. The molecule has 1 aromatic rings. The van der Waals surface area contributed by atoms with Crippen LogP contribution in [0, 0.1) is 0 Å². The van der Waals surface area contributed by atoms with Crippen LogP contribution in [0.15, 0.2) is 6.07 Å². The third kappa shape index (κ3) is 5.28. The number of ether oxygens (including phenoxy) is 1. The first kappa shape index (κ1) is 15.3. The van der Waals surface area contributed by atoms with Crippen molar-refractivity contribution in [2.24, 2.45) is 7.05 Å². The summed E-state index contributed by atoms with van der Waals surface area (Å²) in [5.74, 6) is 0.573. The summed E-state index contributed by atoms with van der Waals surface area (Å²) in [6, 6.07) is 1.95. The van der Waals surface area contributed by atoms with Gasteiger partial charge in [-0.1, -0.05) is 0 Å². The van der Waals surface area contributed by atoms with Gasteiger partial charge >= 0.3 is 119 Å². The van der Waals surface area contributed by atoms with Crippen LogP contribution in [-0.2, 0) is 11.8 Å². The van der Waals surface area contributed by atoms with Crippen LogP contribution in [-0.4, -0.2) is 42.6 Å². The third-order valence-electron chi connectivity index (χ3n) is 1.95. The zero-order chi connectivity index (χ0) is 13.9. The van der Waals surface area contributed by atoms with Crippen molar-refractivity contribution in [3.8, 4) is 0 Å². The number of rotatable bonds is 3. The number of aryl methyl sites for hydroxylation is 1. The zero-order valence-electron chi connectivity index (χ0n) is 11.9. The monoisotopic (exact) mass is 359 g/mol. The molecular formula is C12H21N3O2Sn. The Hall–Kier alpha value is -0.721. The van der Waals surface area contributed by atoms with E-state index in [4.69, 9.17) is 4.74 Å². The molecule has 0 fully saturated rings. The van der Waals surface area contributed by atoms with E-state index in [9.17, 15) is 4.79 Å². The average molecular weight is 358 g/mol. The minimum atomic E-state index is -0.629. The van der Waals surface area contributed by atoms with Gasteiger partial charge in [0.25, 0.3) is 0 Å². The van der Waals surface area contributed by atoms with Gasteiger partial charge in [-0.3, -0.25) is 0 Å². The van der Waals surface area contributed by atoms with Crippen LogP contribution < -0.4 is 9.03 Å². The standard InChI is InChI=1S/C9H14N3O2.C3H7.Sn/c1-9(2,3)14-8(13)10-7-5-6-12(4)11-7;1-3-2;/h5H,1-4H3,(H,10,11,13);3H,1-2H3;. The van der Waals surface area contributed by atoms with Crippen LogP contribution >= 0.6 is 0 Å². The van der Waals surface area contributed by atoms with E-state index in [0.717, 1.165) is 3.93 Å². The molecule has 0 aliphatic carbocycles. The van der Waals surface area contributed by atoms with Gasteiger partial charge in [0.2, 0.25) is 0 Å². The number of anilines is 1. The summed E-state index contributed by atoms with van der Waals surface area (Å²) in [6.45, 7) is 9.96. The first-order valence-corrected chi connectivity index (χ1v) is 9.05. The molecule has 18 heavy (non-hydrogen) atoms. The number of nitrogens with one attached hydrogen (secondary N) is 1. The SMILES string of the molecule is C[CH](C)[Sn][c]1cc(NC(=O)OC(C)(C)C)nn1C. The maximum absolute atomic E-state index is 11.6. The molecule has 1 heterocycles. The maximum atomic E-state index is 11.6.